The van der Waals surface area contributed by atoms with E-state index in [0.717, 1.165) is 72.6 Å². The third kappa shape index (κ3) is 5.17. The quantitative estimate of drug-likeness (QED) is 0.510. The van der Waals surface area contributed by atoms with E-state index in [1.807, 2.05) is 4.52 Å². The highest BCUT2D eigenvalue weighted by Gasteiger charge is 2.30. The Labute approximate surface area is 212 Å². The van der Waals surface area contributed by atoms with Gasteiger partial charge >= 0.3 is 0 Å². The van der Waals surface area contributed by atoms with Crippen LogP contribution in [-0.4, -0.2) is 57.1 Å². The van der Waals surface area contributed by atoms with Crippen LogP contribution < -0.4 is 10.2 Å². The Hall–Kier alpha value is -2.61. The predicted molar refractivity (Wildman–Crippen MR) is 144 cm³/mol. The van der Waals surface area contributed by atoms with E-state index < -0.39 is 0 Å². The molecule has 1 N–H and O–H groups in total. The average molecular weight is 495 g/mol. The van der Waals surface area contributed by atoms with Crippen molar-refractivity contribution in [2.45, 2.75) is 71.8 Å². The van der Waals surface area contributed by atoms with E-state index >= 15 is 0 Å². The van der Waals surface area contributed by atoms with Crippen molar-refractivity contribution in [3.8, 4) is 11.3 Å². The number of carbonyl (C=O) groups excluding carboxylic acids is 1. The maximum Gasteiger partial charge on any atom is 0.225 e. The molecule has 8 heteroatoms. The minimum Gasteiger partial charge on any atom is -0.364 e. The summed E-state index contributed by atoms with van der Waals surface area (Å²) in [6.45, 7) is 11.8. The number of anilines is 2. The molecule has 2 aromatic heterocycles. The fourth-order valence-corrected chi connectivity index (χ4v) is 6.11. The van der Waals surface area contributed by atoms with Gasteiger partial charge in [-0.05, 0) is 45.6 Å². The highest BCUT2D eigenvalue weighted by molar-refractivity contribution is 7.20. The van der Waals surface area contributed by atoms with E-state index in [4.69, 9.17) is 10.1 Å². The van der Waals surface area contributed by atoms with E-state index in [-0.39, 0.29) is 11.5 Å². The van der Waals surface area contributed by atoms with Crippen molar-refractivity contribution < 1.29 is 4.79 Å². The molecular weight excluding hydrogens is 456 g/mol. The predicted octanol–water partition coefficient (Wildman–Crippen LogP) is 5.46. The van der Waals surface area contributed by atoms with Crippen LogP contribution in [0.4, 0.5) is 10.9 Å². The van der Waals surface area contributed by atoms with Gasteiger partial charge in [-0.15, -0.1) is 5.10 Å². The monoisotopic (exact) mass is 494 g/mol. The second kappa shape index (κ2) is 9.80. The Bertz CT molecular complexity index is 1160. The number of carbonyl (C=O) groups is 1. The van der Waals surface area contributed by atoms with Crippen molar-refractivity contribution in [2.24, 2.45) is 5.92 Å². The zero-order chi connectivity index (χ0) is 24.6. The zero-order valence-corrected chi connectivity index (χ0v) is 22.3. The molecule has 2 fully saturated rings. The maximum absolute atomic E-state index is 13.0. The van der Waals surface area contributed by atoms with E-state index in [1.54, 1.807) is 11.3 Å². The molecule has 1 aliphatic carbocycles. The minimum atomic E-state index is -0.122. The Kier molecular flexibility index (Phi) is 6.75. The lowest BCUT2D eigenvalue weighted by Crippen LogP contribution is -2.50. The van der Waals surface area contributed by atoms with Crippen LogP contribution in [-0.2, 0) is 11.2 Å². The maximum atomic E-state index is 13.0. The number of imidazole rings is 1. The highest BCUT2D eigenvalue weighted by atomic mass is 32.1. The first kappa shape index (κ1) is 24.1. The normalized spacial score (nSPS) is 17.8. The number of hydrogen-bond donors (Lipinski definition) is 1. The molecule has 1 aromatic carbocycles. The third-order valence-corrected chi connectivity index (χ3v) is 8.11. The number of nitrogens with zero attached hydrogens (tertiary/aromatic N) is 5. The van der Waals surface area contributed by atoms with Gasteiger partial charge in [0.1, 0.15) is 5.69 Å². The molecular formula is C27H38N6OS. The first-order valence-corrected chi connectivity index (χ1v) is 13.9. The number of aromatic nitrogens is 3. The fourth-order valence-electron chi connectivity index (χ4n) is 5.16. The van der Waals surface area contributed by atoms with Crippen LogP contribution in [0.2, 0.25) is 0 Å². The van der Waals surface area contributed by atoms with Gasteiger partial charge in [-0.2, -0.15) is 4.52 Å². The zero-order valence-electron chi connectivity index (χ0n) is 21.5. The summed E-state index contributed by atoms with van der Waals surface area (Å²) in [4.78, 5) is 23.2. The molecule has 0 radical (unpaired) electrons. The van der Waals surface area contributed by atoms with Crippen molar-refractivity contribution in [3.05, 3.63) is 29.8 Å². The third-order valence-electron chi connectivity index (χ3n) is 7.14. The molecule has 0 spiro atoms. The van der Waals surface area contributed by atoms with Crippen molar-refractivity contribution in [2.75, 3.05) is 36.4 Å². The Morgan fingerprint density at radius 3 is 2.37 bits per heavy atom. The van der Waals surface area contributed by atoms with Crippen molar-refractivity contribution in [3.63, 3.8) is 0 Å². The van der Waals surface area contributed by atoms with Crippen LogP contribution >= 0.6 is 11.3 Å². The summed E-state index contributed by atoms with van der Waals surface area (Å²) >= 11 is 1.63. The number of amides is 1. The second-order valence-corrected chi connectivity index (χ2v) is 11.9. The number of fused-ring (bicyclic) bond motifs is 1. The fraction of sp³-hybridized carbons (Fsp3) is 0.593. The second-order valence-electron chi connectivity index (χ2n) is 11.0. The van der Waals surface area contributed by atoms with Crippen LogP contribution in [0, 0.1) is 5.92 Å². The van der Waals surface area contributed by atoms with Crippen molar-refractivity contribution >= 4 is 33.2 Å². The summed E-state index contributed by atoms with van der Waals surface area (Å²) in [6.07, 6.45) is 6.83. The lowest BCUT2D eigenvalue weighted by atomic mass is 9.88. The van der Waals surface area contributed by atoms with E-state index in [2.05, 4.69) is 67.1 Å². The average Bonchev–Trinajstić information content (AvgIpc) is 3.43. The molecule has 1 saturated heterocycles. The number of aryl methyl sites for hydroxylation is 1. The minimum absolute atomic E-state index is 0.122. The van der Waals surface area contributed by atoms with Crippen molar-refractivity contribution in [1.82, 2.24) is 19.5 Å². The Morgan fingerprint density at radius 1 is 1.06 bits per heavy atom. The van der Waals surface area contributed by atoms with Crippen molar-refractivity contribution in [1.29, 1.82) is 0 Å². The van der Waals surface area contributed by atoms with Crippen LogP contribution in [0.15, 0.2) is 24.3 Å². The standard InChI is InChI=1S/C27H38N6OS/c1-5-19-11-13-20(14-12-19)22-23(29-27(2,3)4)33-25(28-22)35-26(30-33)32-17-15-31(16-18-32)24(34)21-9-7-6-8-10-21/h11-14,21,29H,5-10,15-18H2,1-4H3. The number of rotatable bonds is 5. The van der Waals surface area contributed by atoms with Crippen LogP contribution in [0.25, 0.3) is 16.2 Å². The molecule has 2 aliphatic rings. The van der Waals surface area contributed by atoms with Gasteiger partial charge in [-0.25, -0.2) is 4.98 Å². The van der Waals surface area contributed by atoms with Gasteiger partial charge in [0.15, 0.2) is 5.82 Å². The Balaban J connectivity index is 1.36. The molecule has 1 amide bonds. The molecule has 1 aliphatic heterocycles. The lowest BCUT2D eigenvalue weighted by Gasteiger charge is -2.36. The first-order valence-electron chi connectivity index (χ1n) is 13.1. The summed E-state index contributed by atoms with van der Waals surface area (Å²) in [7, 11) is 0. The molecule has 3 heterocycles. The topological polar surface area (TPSA) is 65.8 Å². The van der Waals surface area contributed by atoms with Gasteiger partial charge in [0, 0.05) is 43.2 Å². The van der Waals surface area contributed by atoms with E-state index in [0.29, 0.717) is 5.91 Å². The largest absolute Gasteiger partial charge is 0.364 e. The number of nitrogens with one attached hydrogen (secondary N) is 1. The van der Waals surface area contributed by atoms with Gasteiger partial charge < -0.3 is 15.1 Å². The summed E-state index contributed by atoms with van der Waals surface area (Å²) in [6, 6.07) is 8.67. The van der Waals surface area contributed by atoms with E-state index in [9.17, 15) is 4.79 Å². The molecule has 5 rings (SSSR count). The summed E-state index contributed by atoms with van der Waals surface area (Å²) < 4.78 is 1.97. The molecule has 7 nitrogen and oxygen atoms in total. The van der Waals surface area contributed by atoms with Gasteiger partial charge in [0.05, 0.1) is 0 Å². The van der Waals surface area contributed by atoms with Crippen LogP contribution in [0.1, 0.15) is 65.4 Å². The first-order chi connectivity index (χ1) is 16.8. The van der Waals surface area contributed by atoms with Crippen LogP contribution in [0.5, 0.6) is 0 Å². The number of benzene rings is 1. The molecule has 35 heavy (non-hydrogen) atoms. The lowest BCUT2D eigenvalue weighted by molar-refractivity contribution is -0.136. The molecule has 3 aromatic rings. The van der Waals surface area contributed by atoms with Gasteiger partial charge in [0.25, 0.3) is 0 Å². The van der Waals surface area contributed by atoms with Gasteiger partial charge in [-0.3, -0.25) is 4.79 Å². The van der Waals surface area contributed by atoms with E-state index in [1.165, 1.54) is 24.8 Å². The molecule has 0 unspecified atom stereocenters. The Morgan fingerprint density at radius 2 is 1.74 bits per heavy atom. The molecule has 188 valence electrons. The molecule has 1 saturated carbocycles. The molecule has 0 bridgehead atoms. The summed E-state index contributed by atoms with van der Waals surface area (Å²) in [5, 5.41) is 9.61. The summed E-state index contributed by atoms with van der Waals surface area (Å²) in [5.74, 6) is 1.55. The number of piperazine rings is 1. The highest BCUT2D eigenvalue weighted by Crippen LogP contribution is 2.35. The SMILES string of the molecule is CCc1ccc(-c2nc3sc(N4CCN(C(=O)C5CCCCC5)CC4)nn3c2NC(C)(C)C)cc1. The molecule has 0 atom stereocenters. The smallest absolute Gasteiger partial charge is 0.225 e. The van der Waals surface area contributed by atoms with Gasteiger partial charge in [-0.1, -0.05) is 61.8 Å². The van der Waals surface area contributed by atoms with Crippen LogP contribution in [0.3, 0.4) is 0 Å². The summed E-state index contributed by atoms with van der Waals surface area (Å²) in [5.41, 5.74) is 3.24. The number of hydrogen-bond acceptors (Lipinski definition) is 6. The van der Waals surface area contributed by atoms with Gasteiger partial charge in [0.2, 0.25) is 16.0 Å².